The minimum atomic E-state index is -0.395. The highest BCUT2D eigenvalue weighted by molar-refractivity contribution is 5.90. The van der Waals surface area contributed by atoms with Crippen LogP contribution in [0.1, 0.15) is 54.4 Å². The monoisotopic (exact) mass is 321 g/mol. The molecule has 7 heteroatoms. The van der Waals surface area contributed by atoms with E-state index in [1.807, 2.05) is 32.7 Å². The zero-order valence-corrected chi connectivity index (χ0v) is 14.5. The molecule has 0 radical (unpaired) electrons. The highest BCUT2D eigenvalue weighted by Gasteiger charge is 2.22. The lowest BCUT2D eigenvalue weighted by Crippen LogP contribution is -2.18. The predicted molar refractivity (Wildman–Crippen MR) is 83.0 cm³/mol. The number of rotatable bonds is 5. The molecule has 0 aromatic carbocycles. The van der Waals surface area contributed by atoms with E-state index >= 15 is 0 Å². The van der Waals surface area contributed by atoms with E-state index in [0.717, 1.165) is 0 Å². The largest absolute Gasteiger partial charge is 0.465 e. The Morgan fingerprint density at radius 1 is 1.35 bits per heavy atom. The van der Waals surface area contributed by atoms with Crippen molar-refractivity contribution in [1.82, 2.24) is 15.0 Å². The van der Waals surface area contributed by atoms with Crippen LogP contribution in [-0.2, 0) is 23.2 Å². The maximum atomic E-state index is 11.6. The third-order valence-corrected chi connectivity index (χ3v) is 3.32. The van der Waals surface area contributed by atoms with Crippen LogP contribution in [0.2, 0.25) is 0 Å². The highest BCUT2D eigenvalue weighted by atomic mass is 16.5. The van der Waals surface area contributed by atoms with E-state index in [-0.39, 0.29) is 5.41 Å². The number of nitrogens with zero attached hydrogens (tertiary/aromatic N) is 3. The van der Waals surface area contributed by atoms with Crippen molar-refractivity contribution in [3.63, 3.8) is 0 Å². The average Bonchev–Trinajstić information content (AvgIpc) is 3.04. The fourth-order valence-corrected chi connectivity index (χ4v) is 2.12. The Morgan fingerprint density at radius 2 is 2.04 bits per heavy atom. The van der Waals surface area contributed by atoms with E-state index in [0.29, 0.717) is 41.9 Å². The molecule has 0 spiro atoms. The van der Waals surface area contributed by atoms with Crippen LogP contribution in [0.15, 0.2) is 15.0 Å². The molecule has 23 heavy (non-hydrogen) atoms. The molecule has 0 aliphatic heterocycles. The zero-order valence-electron chi connectivity index (χ0n) is 14.5. The second-order valence-electron chi connectivity index (χ2n) is 6.61. The number of ether oxygens (including phenoxy) is 1. The molecule has 0 saturated carbocycles. The molecule has 2 heterocycles. The van der Waals surface area contributed by atoms with Gasteiger partial charge >= 0.3 is 5.97 Å². The summed E-state index contributed by atoms with van der Waals surface area (Å²) in [6.07, 6.45) is 0. The summed E-state index contributed by atoms with van der Waals surface area (Å²) in [5, 5.41) is 4.00. The standard InChI is InChI=1S/C16H23N3O4/c1-10-12(14(20)21-6)7-11(22-10)8-19(5)9-13-17-15(23-18-13)16(2,3)4/h7H,8-9H2,1-6H3. The Bertz CT molecular complexity index is 682. The van der Waals surface area contributed by atoms with E-state index in [9.17, 15) is 4.79 Å². The molecule has 0 fully saturated rings. The molecule has 7 nitrogen and oxygen atoms in total. The third kappa shape index (κ3) is 4.19. The quantitative estimate of drug-likeness (QED) is 0.783. The van der Waals surface area contributed by atoms with Crippen LogP contribution >= 0.6 is 0 Å². The minimum Gasteiger partial charge on any atom is -0.465 e. The van der Waals surface area contributed by atoms with Crippen LogP contribution in [0.4, 0.5) is 0 Å². The lowest BCUT2D eigenvalue weighted by molar-refractivity contribution is 0.0599. The van der Waals surface area contributed by atoms with Gasteiger partial charge in [0.15, 0.2) is 5.82 Å². The summed E-state index contributed by atoms with van der Waals surface area (Å²) in [5.74, 6) is 2.07. The van der Waals surface area contributed by atoms with Gasteiger partial charge in [-0.3, -0.25) is 4.90 Å². The van der Waals surface area contributed by atoms with Crippen molar-refractivity contribution in [3.8, 4) is 0 Å². The molecule has 0 atom stereocenters. The second kappa shape index (κ2) is 6.54. The Kier molecular flexibility index (Phi) is 4.89. The molecular formula is C16H23N3O4. The van der Waals surface area contributed by atoms with Crippen molar-refractivity contribution in [1.29, 1.82) is 0 Å². The third-order valence-electron chi connectivity index (χ3n) is 3.32. The first-order chi connectivity index (χ1) is 10.7. The van der Waals surface area contributed by atoms with Crippen LogP contribution in [0, 0.1) is 6.92 Å². The Labute approximate surface area is 135 Å². The Hall–Kier alpha value is -2.15. The van der Waals surface area contributed by atoms with Crippen molar-refractivity contribution in [3.05, 3.63) is 34.9 Å². The van der Waals surface area contributed by atoms with E-state index in [1.54, 1.807) is 13.0 Å². The first kappa shape index (κ1) is 17.2. The van der Waals surface area contributed by atoms with Gasteiger partial charge in [0.25, 0.3) is 0 Å². The SMILES string of the molecule is COC(=O)c1cc(CN(C)Cc2noc(C(C)(C)C)n2)oc1C. The maximum absolute atomic E-state index is 11.6. The molecule has 0 aliphatic rings. The summed E-state index contributed by atoms with van der Waals surface area (Å²) < 4.78 is 15.6. The van der Waals surface area contributed by atoms with Gasteiger partial charge in [0, 0.05) is 5.41 Å². The molecule has 0 amide bonds. The molecular weight excluding hydrogens is 298 g/mol. The molecule has 2 rings (SSSR count). The van der Waals surface area contributed by atoms with Crippen LogP contribution < -0.4 is 0 Å². The van der Waals surface area contributed by atoms with Crippen LogP contribution in [0.5, 0.6) is 0 Å². The normalized spacial score (nSPS) is 12.0. The molecule has 0 unspecified atom stereocenters. The number of esters is 1. The number of furan rings is 1. The van der Waals surface area contributed by atoms with Gasteiger partial charge in [-0.25, -0.2) is 4.79 Å². The summed E-state index contributed by atoms with van der Waals surface area (Å²) in [7, 11) is 3.27. The maximum Gasteiger partial charge on any atom is 0.341 e. The molecule has 0 N–H and O–H groups in total. The van der Waals surface area contributed by atoms with Gasteiger partial charge in [-0.2, -0.15) is 4.98 Å². The zero-order chi connectivity index (χ0) is 17.2. The molecule has 2 aromatic heterocycles. The lowest BCUT2D eigenvalue weighted by Gasteiger charge is -2.12. The smallest absolute Gasteiger partial charge is 0.341 e. The summed E-state index contributed by atoms with van der Waals surface area (Å²) in [6.45, 7) is 8.85. The van der Waals surface area contributed by atoms with Gasteiger partial charge in [-0.1, -0.05) is 25.9 Å². The molecule has 0 aliphatic carbocycles. The van der Waals surface area contributed by atoms with Crippen molar-refractivity contribution in [2.45, 2.75) is 46.2 Å². The van der Waals surface area contributed by atoms with Gasteiger partial charge in [0.2, 0.25) is 5.89 Å². The van der Waals surface area contributed by atoms with Crippen molar-refractivity contribution < 1.29 is 18.5 Å². The number of hydrogen-bond acceptors (Lipinski definition) is 7. The van der Waals surface area contributed by atoms with Crippen molar-refractivity contribution in [2.75, 3.05) is 14.2 Å². The Balaban J connectivity index is 2.01. The highest BCUT2D eigenvalue weighted by Crippen LogP contribution is 2.21. The van der Waals surface area contributed by atoms with E-state index < -0.39 is 5.97 Å². The number of hydrogen-bond donors (Lipinski definition) is 0. The summed E-state index contributed by atoms with van der Waals surface area (Å²) >= 11 is 0. The van der Waals surface area contributed by atoms with Gasteiger partial charge < -0.3 is 13.7 Å². The predicted octanol–water partition coefficient (Wildman–Crippen LogP) is 2.69. The molecule has 126 valence electrons. The van der Waals surface area contributed by atoms with Crippen LogP contribution in [-0.4, -0.2) is 35.2 Å². The van der Waals surface area contributed by atoms with Crippen LogP contribution in [0.25, 0.3) is 0 Å². The minimum absolute atomic E-state index is 0.169. The first-order valence-corrected chi connectivity index (χ1v) is 7.40. The fourth-order valence-electron chi connectivity index (χ4n) is 2.12. The van der Waals surface area contributed by atoms with Crippen molar-refractivity contribution in [2.24, 2.45) is 0 Å². The topological polar surface area (TPSA) is 81.6 Å². The molecule has 0 bridgehead atoms. The number of aryl methyl sites for hydroxylation is 1. The van der Waals surface area contributed by atoms with Gasteiger partial charge in [-0.15, -0.1) is 0 Å². The average molecular weight is 321 g/mol. The van der Waals surface area contributed by atoms with Crippen molar-refractivity contribution >= 4 is 5.97 Å². The van der Waals surface area contributed by atoms with Crippen LogP contribution in [0.3, 0.4) is 0 Å². The van der Waals surface area contributed by atoms with Gasteiger partial charge in [0.1, 0.15) is 17.1 Å². The second-order valence-corrected chi connectivity index (χ2v) is 6.61. The van der Waals surface area contributed by atoms with E-state index in [2.05, 4.69) is 10.1 Å². The van der Waals surface area contributed by atoms with Gasteiger partial charge in [0.05, 0.1) is 20.2 Å². The van der Waals surface area contributed by atoms with Gasteiger partial charge in [-0.05, 0) is 20.0 Å². The number of carbonyl (C=O) groups excluding carboxylic acids is 1. The summed E-state index contributed by atoms with van der Waals surface area (Å²) in [6, 6.07) is 1.70. The first-order valence-electron chi connectivity index (χ1n) is 7.40. The van der Waals surface area contributed by atoms with E-state index in [1.165, 1.54) is 7.11 Å². The number of methoxy groups -OCH3 is 1. The lowest BCUT2D eigenvalue weighted by atomic mass is 9.97. The fraction of sp³-hybridized carbons (Fsp3) is 0.562. The number of carbonyl (C=O) groups is 1. The summed E-state index contributed by atoms with van der Waals surface area (Å²) in [4.78, 5) is 18.0. The summed E-state index contributed by atoms with van der Waals surface area (Å²) in [5.41, 5.74) is 0.280. The molecule has 2 aromatic rings. The number of aromatic nitrogens is 2. The Morgan fingerprint density at radius 3 is 2.61 bits per heavy atom. The van der Waals surface area contributed by atoms with E-state index in [4.69, 9.17) is 13.7 Å². The molecule has 0 saturated heterocycles.